The highest BCUT2D eigenvalue weighted by Gasteiger charge is 2.41. The van der Waals surface area contributed by atoms with Gasteiger partial charge in [-0.2, -0.15) is 4.68 Å². The maximum atomic E-state index is 6.02. The summed E-state index contributed by atoms with van der Waals surface area (Å²) in [5.41, 5.74) is 1.50. The fraction of sp³-hybridized carbons (Fsp3) is 0.316. The van der Waals surface area contributed by atoms with E-state index in [0.717, 1.165) is 48.6 Å². The lowest BCUT2D eigenvalue weighted by Gasteiger charge is -2.30. The molecule has 0 amide bonds. The molecule has 26 heavy (non-hydrogen) atoms. The minimum atomic E-state index is -0.336. The van der Waals surface area contributed by atoms with Crippen LogP contribution in [0.3, 0.4) is 0 Å². The molecule has 1 aromatic heterocycles. The summed E-state index contributed by atoms with van der Waals surface area (Å²) in [6.45, 7) is 0. The summed E-state index contributed by atoms with van der Waals surface area (Å²) in [5.74, 6) is 1.62. The van der Waals surface area contributed by atoms with Crippen molar-refractivity contribution in [1.29, 1.82) is 0 Å². The minimum Gasteiger partial charge on any atom is -0.495 e. The number of aromatic nitrogens is 4. The van der Waals surface area contributed by atoms with E-state index in [4.69, 9.17) is 16.3 Å². The molecule has 1 aliphatic carbocycles. The van der Waals surface area contributed by atoms with Gasteiger partial charge < -0.3 is 10.1 Å². The maximum Gasteiger partial charge on any atom is 0.181 e. The molecule has 0 spiro atoms. The first-order valence-electron chi connectivity index (χ1n) is 8.68. The Labute approximate surface area is 157 Å². The lowest BCUT2D eigenvalue weighted by Crippen LogP contribution is -2.35. The van der Waals surface area contributed by atoms with Crippen LogP contribution in [-0.4, -0.2) is 27.3 Å². The van der Waals surface area contributed by atoms with E-state index in [2.05, 4.69) is 20.8 Å². The summed E-state index contributed by atoms with van der Waals surface area (Å²) >= 11 is 6.02. The average Bonchev–Trinajstić information content (AvgIpc) is 3.33. The third-order valence-corrected chi connectivity index (χ3v) is 5.16. The Morgan fingerprint density at radius 2 is 1.81 bits per heavy atom. The molecule has 0 saturated heterocycles. The molecule has 0 atom stereocenters. The number of para-hydroxylation sites is 2. The van der Waals surface area contributed by atoms with Crippen LogP contribution in [0.5, 0.6) is 5.75 Å². The van der Waals surface area contributed by atoms with Crippen LogP contribution in [0.15, 0.2) is 48.5 Å². The summed E-state index contributed by atoms with van der Waals surface area (Å²) in [7, 11) is 1.68. The van der Waals surface area contributed by atoms with E-state index in [1.807, 2.05) is 48.5 Å². The molecule has 0 bridgehead atoms. The van der Waals surface area contributed by atoms with Gasteiger partial charge in [-0.3, -0.25) is 0 Å². The van der Waals surface area contributed by atoms with E-state index < -0.39 is 0 Å². The number of methoxy groups -OCH3 is 1. The van der Waals surface area contributed by atoms with Crippen molar-refractivity contribution in [3.8, 4) is 11.4 Å². The van der Waals surface area contributed by atoms with Crippen molar-refractivity contribution in [2.75, 3.05) is 12.4 Å². The quantitative estimate of drug-likeness (QED) is 0.730. The van der Waals surface area contributed by atoms with Crippen LogP contribution >= 0.6 is 11.6 Å². The predicted molar refractivity (Wildman–Crippen MR) is 101 cm³/mol. The Hall–Kier alpha value is -2.60. The monoisotopic (exact) mass is 369 g/mol. The predicted octanol–water partition coefficient (Wildman–Crippen LogP) is 4.21. The van der Waals surface area contributed by atoms with Crippen LogP contribution in [0.2, 0.25) is 5.02 Å². The second-order valence-corrected chi connectivity index (χ2v) is 6.94. The molecule has 6 nitrogen and oxygen atoms in total. The highest BCUT2D eigenvalue weighted by molar-refractivity contribution is 6.30. The van der Waals surface area contributed by atoms with Gasteiger partial charge in [-0.15, -0.1) is 5.10 Å². The summed E-state index contributed by atoms with van der Waals surface area (Å²) in [6.07, 6.45) is 4.16. The molecule has 3 aromatic rings. The zero-order chi connectivity index (χ0) is 18.0. The van der Waals surface area contributed by atoms with Gasteiger partial charge in [-0.1, -0.05) is 36.6 Å². The molecule has 0 radical (unpaired) electrons. The molecule has 4 rings (SSSR count). The second kappa shape index (κ2) is 6.96. The first kappa shape index (κ1) is 16.8. The molecule has 2 aromatic carbocycles. The molecular formula is C19H20ClN5O. The summed E-state index contributed by atoms with van der Waals surface area (Å²) in [6, 6.07) is 15.5. The van der Waals surface area contributed by atoms with Crippen LogP contribution in [0, 0.1) is 0 Å². The number of hydrogen-bond acceptors (Lipinski definition) is 5. The third-order valence-electron chi connectivity index (χ3n) is 4.91. The molecule has 1 heterocycles. The third kappa shape index (κ3) is 3.01. The van der Waals surface area contributed by atoms with Crippen molar-refractivity contribution in [3.05, 3.63) is 59.4 Å². The van der Waals surface area contributed by atoms with Crippen molar-refractivity contribution < 1.29 is 4.74 Å². The second-order valence-electron chi connectivity index (χ2n) is 6.51. The van der Waals surface area contributed by atoms with Crippen LogP contribution in [0.4, 0.5) is 5.69 Å². The van der Waals surface area contributed by atoms with Gasteiger partial charge in [0.15, 0.2) is 5.82 Å². The molecule has 1 fully saturated rings. The number of benzene rings is 2. The number of nitrogens with one attached hydrogen (secondary N) is 1. The van der Waals surface area contributed by atoms with Crippen LogP contribution in [0.25, 0.3) is 5.69 Å². The standard InChI is InChI=1S/C19H20ClN5O/c1-26-17-7-3-2-6-16(17)21-19(12-4-5-13-19)18-22-23-24-25(18)15-10-8-14(20)9-11-15/h2-3,6-11,21H,4-5,12-13H2,1H3. The Morgan fingerprint density at radius 1 is 1.08 bits per heavy atom. The fourth-order valence-electron chi connectivity index (χ4n) is 3.63. The van der Waals surface area contributed by atoms with Crippen molar-refractivity contribution in [3.63, 3.8) is 0 Å². The van der Waals surface area contributed by atoms with Gasteiger partial charge in [0.2, 0.25) is 0 Å². The lowest BCUT2D eigenvalue weighted by molar-refractivity contribution is 0.409. The number of rotatable bonds is 5. The van der Waals surface area contributed by atoms with E-state index >= 15 is 0 Å². The average molecular weight is 370 g/mol. The molecule has 1 saturated carbocycles. The topological polar surface area (TPSA) is 64.9 Å². The fourth-order valence-corrected chi connectivity index (χ4v) is 3.76. The summed E-state index contributed by atoms with van der Waals surface area (Å²) in [4.78, 5) is 0. The zero-order valence-electron chi connectivity index (χ0n) is 14.5. The van der Waals surface area contributed by atoms with Gasteiger partial charge >= 0.3 is 0 Å². The number of halogens is 1. The number of nitrogens with zero attached hydrogens (tertiary/aromatic N) is 4. The first-order chi connectivity index (χ1) is 12.7. The Kier molecular flexibility index (Phi) is 4.51. The highest BCUT2D eigenvalue weighted by Crippen LogP contribution is 2.42. The normalized spacial score (nSPS) is 15.8. The van der Waals surface area contributed by atoms with Crippen molar-refractivity contribution in [2.24, 2.45) is 0 Å². The SMILES string of the molecule is COc1ccccc1NC1(c2nnnn2-c2ccc(Cl)cc2)CCCC1. The van der Waals surface area contributed by atoms with Crippen molar-refractivity contribution in [2.45, 2.75) is 31.2 Å². The summed E-state index contributed by atoms with van der Waals surface area (Å²) < 4.78 is 7.31. The Bertz CT molecular complexity index is 887. The highest BCUT2D eigenvalue weighted by atomic mass is 35.5. The van der Waals surface area contributed by atoms with E-state index in [1.165, 1.54) is 0 Å². The molecular weight excluding hydrogens is 350 g/mol. The van der Waals surface area contributed by atoms with E-state index in [0.29, 0.717) is 5.02 Å². The number of ether oxygens (including phenoxy) is 1. The smallest absolute Gasteiger partial charge is 0.181 e. The van der Waals surface area contributed by atoms with Crippen molar-refractivity contribution >= 4 is 17.3 Å². The van der Waals surface area contributed by atoms with Gasteiger partial charge in [-0.05, 0) is 59.7 Å². The van der Waals surface area contributed by atoms with Gasteiger partial charge in [0.25, 0.3) is 0 Å². The van der Waals surface area contributed by atoms with Gasteiger partial charge in [0, 0.05) is 5.02 Å². The van der Waals surface area contributed by atoms with Gasteiger partial charge in [-0.25, -0.2) is 0 Å². The van der Waals surface area contributed by atoms with Crippen LogP contribution in [0.1, 0.15) is 31.5 Å². The van der Waals surface area contributed by atoms with E-state index in [-0.39, 0.29) is 5.54 Å². The van der Waals surface area contributed by atoms with E-state index in [1.54, 1.807) is 11.8 Å². The number of tetrazole rings is 1. The van der Waals surface area contributed by atoms with Gasteiger partial charge in [0.1, 0.15) is 5.75 Å². The molecule has 0 unspecified atom stereocenters. The zero-order valence-corrected chi connectivity index (χ0v) is 15.3. The van der Waals surface area contributed by atoms with E-state index in [9.17, 15) is 0 Å². The van der Waals surface area contributed by atoms with Crippen molar-refractivity contribution in [1.82, 2.24) is 20.2 Å². The minimum absolute atomic E-state index is 0.336. The number of anilines is 1. The van der Waals surface area contributed by atoms with Crippen LogP contribution < -0.4 is 10.1 Å². The first-order valence-corrected chi connectivity index (χ1v) is 9.06. The largest absolute Gasteiger partial charge is 0.495 e. The Morgan fingerprint density at radius 3 is 2.54 bits per heavy atom. The lowest BCUT2D eigenvalue weighted by atomic mass is 9.95. The summed E-state index contributed by atoms with van der Waals surface area (Å²) in [5, 5.41) is 16.9. The molecule has 7 heteroatoms. The maximum absolute atomic E-state index is 6.02. The molecule has 134 valence electrons. The molecule has 0 aliphatic heterocycles. The van der Waals surface area contributed by atoms with Gasteiger partial charge in [0.05, 0.1) is 24.0 Å². The molecule has 1 N–H and O–H groups in total. The van der Waals surface area contributed by atoms with Crippen LogP contribution in [-0.2, 0) is 5.54 Å². The molecule has 1 aliphatic rings. The number of hydrogen-bond donors (Lipinski definition) is 1. The Balaban J connectivity index is 1.76.